The van der Waals surface area contributed by atoms with E-state index >= 15 is 0 Å². The topological polar surface area (TPSA) is 58.2 Å². The van der Waals surface area contributed by atoms with E-state index in [1.54, 1.807) is 0 Å². The molecule has 5 heteroatoms. The lowest BCUT2D eigenvalue weighted by Gasteiger charge is -2.23. The summed E-state index contributed by atoms with van der Waals surface area (Å²) in [6, 6.07) is 5.48. The molecule has 0 saturated heterocycles. The van der Waals surface area contributed by atoms with Gasteiger partial charge >= 0.3 is 0 Å². The van der Waals surface area contributed by atoms with E-state index in [1.165, 1.54) is 24.3 Å². The van der Waals surface area contributed by atoms with Crippen LogP contribution in [0.1, 0.15) is 19.3 Å². The second-order valence-corrected chi connectivity index (χ2v) is 4.40. The van der Waals surface area contributed by atoms with Crippen molar-refractivity contribution in [3.63, 3.8) is 0 Å². The number of carbonyl (C=O) groups excluding carboxylic acids is 2. The molecule has 0 radical (unpaired) electrons. The van der Waals surface area contributed by atoms with Crippen molar-refractivity contribution in [3.05, 3.63) is 30.1 Å². The molecule has 2 amide bonds. The number of nitrogens with one attached hydrogen (secondary N) is 2. The fourth-order valence-electron chi connectivity index (χ4n) is 1.72. The first-order valence-corrected chi connectivity index (χ1v) is 5.98. The highest BCUT2D eigenvalue weighted by molar-refractivity contribution is 5.94. The van der Waals surface area contributed by atoms with Crippen LogP contribution >= 0.6 is 0 Å². The largest absolute Gasteiger partial charge is 0.347 e. The minimum atomic E-state index is -0.355. The Morgan fingerprint density at radius 3 is 2.44 bits per heavy atom. The molecule has 0 spiro atoms. The molecule has 1 aliphatic carbocycles. The molecular formula is C13H15FN2O2. The molecule has 1 saturated carbocycles. The molecule has 0 heterocycles. The monoisotopic (exact) mass is 250 g/mol. The molecule has 18 heavy (non-hydrogen) atoms. The van der Waals surface area contributed by atoms with Crippen molar-refractivity contribution >= 4 is 17.5 Å². The number of halogens is 1. The molecule has 1 fully saturated rings. The summed E-state index contributed by atoms with van der Waals surface area (Å²) in [5.74, 6) is -0.653. The van der Waals surface area contributed by atoms with Gasteiger partial charge in [-0.15, -0.1) is 0 Å². The van der Waals surface area contributed by atoms with Crippen LogP contribution in [0.2, 0.25) is 0 Å². The summed E-state index contributed by atoms with van der Waals surface area (Å²) < 4.78 is 12.6. The Labute approximate surface area is 105 Å². The predicted octanol–water partition coefficient (Wildman–Crippen LogP) is 1.68. The van der Waals surface area contributed by atoms with Crippen molar-refractivity contribution in [1.82, 2.24) is 5.32 Å². The number of amides is 2. The SMILES string of the molecule is O=C(CNC(=O)C1CCC1)Nc1ccc(F)cc1. The molecular weight excluding hydrogens is 235 g/mol. The summed E-state index contributed by atoms with van der Waals surface area (Å²) in [6.45, 7) is -0.0489. The number of benzene rings is 1. The lowest BCUT2D eigenvalue weighted by molar-refractivity contribution is -0.129. The van der Waals surface area contributed by atoms with Gasteiger partial charge in [0.1, 0.15) is 5.82 Å². The van der Waals surface area contributed by atoms with E-state index in [0.29, 0.717) is 5.69 Å². The van der Waals surface area contributed by atoms with Crippen LogP contribution < -0.4 is 10.6 Å². The normalized spacial score (nSPS) is 14.7. The van der Waals surface area contributed by atoms with Gasteiger partial charge in [-0.1, -0.05) is 6.42 Å². The van der Waals surface area contributed by atoms with Crippen molar-refractivity contribution in [2.75, 3.05) is 11.9 Å². The summed E-state index contributed by atoms with van der Waals surface area (Å²) in [5, 5.41) is 5.17. The van der Waals surface area contributed by atoms with E-state index in [1.807, 2.05) is 0 Å². The van der Waals surface area contributed by atoms with Crippen LogP contribution in [0.15, 0.2) is 24.3 Å². The first-order chi connectivity index (χ1) is 8.65. The molecule has 96 valence electrons. The lowest BCUT2D eigenvalue weighted by Crippen LogP contribution is -2.39. The van der Waals surface area contributed by atoms with E-state index < -0.39 is 0 Å². The van der Waals surface area contributed by atoms with Crippen molar-refractivity contribution < 1.29 is 14.0 Å². The van der Waals surface area contributed by atoms with Gasteiger partial charge in [-0.05, 0) is 37.1 Å². The smallest absolute Gasteiger partial charge is 0.243 e. The molecule has 2 N–H and O–H groups in total. The van der Waals surface area contributed by atoms with Gasteiger partial charge < -0.3 is 10.6 Å². The fraction of sp³-hybridized carbons (Fsp3) is 0.385. The second kappa shape index (κ2) is 5.62. The Morgan fingerprint density at radius 1 is 1.22 bits per heavy atom. The van der Waals surface area contributed by atoms with Gasteiger partial charge in [0.15, 0.2) is 0 Å². The zero-order chi connectivity index (χ0) is 13.0. The van der Waals surface area contributed by atoms with Crippen LogP contribution in [0, 0.1) is 11.7 Å². The average Bonchev–Trinajstić information content (AvgIpc) is 2.27. The zero-order valence-corrected chi connectivity index (χ0v) is 9.91. The highest BCUT2D eigenvalue weighted by atomic mass is 19.1. The average molecular weight is 250 g/mol. The highest BCUT2D eigenvalue weighted by Crippen LogP contribution is 2.25. The first kappa shape index (κ1) is 12.5. The van der Waals surface area contributed by atoms with Crippen molar-refractivity contribution in [3.8, 4) is 0 Å². The lowest BCUT2D eigenvalue weighted by atomic mass is 9.85. The quantitative estimate of drug-likeness (QED) is 0.854. The van der Waals surface area contributed by atoms with Crippen LogP contribution in [-0.2, 0) is 9.59 Å². The molecule has 0 aliphatic heterocycles. The van der Waals surface area contributed by atoms with Gasteiger partial charge in [-0.3, -0.25) is 9.59 Å². The molecule has 1 aromatic carbocycles. The summed E-state index contributed by atoms with van der Waals surface area (Å²) in [6.07, 6.45) is 2.90. The molecule has 1 aliphatic rings. The zero-order valence-electron chi connectivity index (χ0n) is 9.91. The number of rotatable bonds is 4. The van der Waals surface area contributed by atoms with E-state index in [4.69, 9.17) is 0 Å². The number of carbonyl (C=O) groups is 2. The first-order valence-electron chi connectivity index (χ1n) is 5.98. The minimum absolute atomic E-state index is 0.0489. The van der Waals surface area contributed by atoms with E-state index in [0.717, 1.165) is 19.3 Å². The Balaban J connectivity index is 1.74. The fourth-order valence-corrected chi connectivity index (χ4v) is 1.72. The van der Waals surface area contributed by atoms with E-state index in [2.05, 4.69) is 10.6 Å². The summed E-state index contributed by atoms with van der Waals surface area (Å²) >= 11 is 0. The summed E-state index contributed by atoms with van der Waals surface area (Å²) in [7, 11) is 0. The van der Waals surface area contributed by atoms with Crippen LogP contribution in [0.5, 0.6) is 0 Å². The maximum atomic E-state index is 12.6. The van der Waals surface area contributed by atoms with Crippen LogP contribution in [0.3, 0.4) is 0 Å². The van der Waals surface area contributed by atoms with Crippen molar-refractivity contribution in [2.45, 2.75) is 19.3 Å². The molecule has 1 aromatic rings. The molecule has 0 atom stereocenters. The van der Waals surface area contributed by atoms with Gasteiger partial charge in [-0.25, -0.2) is 4.39 Å². The maximum absolute atomic E-state index is 12.6. The Hall–Kier alpha value is -1.91. The Morgan fingerprint density at radius 2 is 1.89 bits per heavy atom. The molecule has 0 bridgehead atoms. The highest BCUT2D eigenvalue weighted by Gasteiger charge is 2.25. The third kappa shape index (κ3) is 3.29. The standard InChI is InChI=1S/C13H15FN2O2/c14-10-4-6-11(7-5-10)16-12(17)8-15-13(18)9-2-1-3-9/h4-7,9H,1-3,8H2,(H,15,18)(H,16,17). The van der Waals surface area contributed by atoms with Crippen molar-refractivity contribution in [2.24, 2.45) is 5.92 Å². The van der Waals surface area contributed by atoms with E-state index in [9.17, 15) is 14.0 Å². The second-order valence-electron chi connectivity index (χ2n) is 4.40. The molecule has 4 nitrogen and oxygen atoms in total. The molecule has 2 rings (SSSR count). The Bertz CT molecular complexity index is 441. The predicted molar refractivity (Wildman–Crippen MR) is 65.4 cm³/mol. The summed E-state index contributed by atoms with van der Waals surface area (Å²) in [4.78, 5) is 23.0. The van der Waals surface area contributed by atoms with Crippen LogP contribution in [0.4, 0.5) is 10.1 Å². The third-order valence-electron chi connectivity index (χ3n) is 3.03. The molecule has 0 unspecified atom stereocenters. The van der Waals surface area contributed by atoms with Crippen LogP contribution in [0.25, 0.3) is 0 Å². The summed E-state index contributed by atoms with van der Waals surface area (Å²) in [5.41, 5.74) is 0.513. The molecule has 0 aromatic heterocycles. The van der Waals surface area contributed by atoms with Gasteiger partial charge in [0.05, 0.1) is 6.54 Å². The maximum Gasteiger partial charge on any atom is 0.243 e. The van der Waals surface area contributed by atoms with Gasteiger partial charge in [-0.2, -0.15) is 0 Å². The number of hydrogen-bond acceptors (Lipinski definition) is 2. The number of hydrogen-bond donors (Lipinski definition) is 2. The van der Waals surface area contributed by atoms with Crippen molar-refractivity contribution in [1.29, 1.82) is 0 Å². The Kier molecular flexibility index (Phi) is 3.92. The van der Waals surface area contributed by atoms with Gasteiger partial charge in [0.25, 0.3) is 0 Å². The van der Waals surface area contributed by atoms with Gasteiger partial charge in [0, 0.05) is 11.6 Å². The van der Waals surface area contributed by atoms with Crippen LogP contribution in [-0.4, -0.2) is 18.4 Å². The number of anilines is 1. The van der Waals surface area contributed by atoms with Gasteiger partial charge in [0.2, 0.25) is 11.8 Å². The van der Waals surface area contributed by atoms with E-state index in [-0.39, 0.29) is 30.1 Å². The third-order valence-corrected chi connectivity index (χ3v) is 3.03. The minimum Gasteiger partial charge on any atom is -0.347 e.